The molecule has 6 heteroatoms. The Morgan fingerprint density at radius 2 is 1.80 bits per heavy atom. The summed E-state index contributed by atoms with van der Waals surface area (Å²) in [5, 5.41) is 19.2. The van der Waals surface area contributed by atoms with Crippen LogP contribution >= 0.6 is 0 Å². The highest BCUT2D eigenvalue weighted by atomic mass is 19.1. The van der Waals surface area contributed by atoms with Gasteiger partial charge < -0.3 is 15.6 Å². The van der Waals surface area contributed by atoms with Crippen molar-refractivity contribution >= 4 is 5.82 Å². The maximum absolute atomic E-state index is 13.1. The molecule has 2 aromatic carbocycles. The van der Waals surface area contributed by atoms with Crippen molar-refractivity contribution in [3.05, 3.63) is 59.9 Å². The summed E-state index contributed by atoms with van der Waals surface area (Å²) in [6.45, 7) is 0. The zero-order chi connectivity index (χ0) is 18.0. The number of aromatic hydroxyl groups is 1. The standard InChI is InChI=1S/C19H14FN3O2/c1-25-18-8-12(4-7-17(18)24)14-9-16(23-19(22)15(14)10-21)11-2-5-13(20)6-3-11/h2-9,24H,1H3,(H2,22,23). The Hall–Kier alpha value is -3.59. The van der Waals surface area contributed by atoms with Gasteiger partial charge in [0.2, 0.25) is 0 Å². The molecule has 5 nitrogen and oxygen atoms in total. The minimum absolute atomic E-state index is 0.00876. The molecule has 0 spiro atoms. The molecule has 0 radical (unpaired) electrons. The van der Waals surface area contributed by atoms with Gasteiger partial charge in [-0.1, -0.05) is 6.07 Å². The van der Waals surface area contributed by atoms with Gasteiger partial charge in [0.15, 0.2) is 11.5 Å². The van der Waals surface area contributed by atoms with Crippen molar-refractivity contribution in [3.8, 4) is 40.0 Å². The summed E-state index contributed by atoms with van der Waals surface area (Å²) in [6.07, 6.45) is 0. The number of nitrogen functional groups attached to an aromatic ring is 1. The molecule has 0 unspecified atom stereocenters. The summed E-state index contributed by atoms with van der Waals surface area (Å²) in [5.41, 5.74) is 8.54. The van der Waals surface area contributed by atoms with Crippen LogP contribution in [0.5, 0.6) is 11.5 Å². The SMILES string of the molecule is COc1cc(-c2cc(-c3ccc(F)cc3)nc(N)c2C#N)ccc1O. The maximum Gasteiger partial charge on any atom is 0.161 e. The van der Waals surface area contributed by atoms with Gasteiger partial charge in [-0.15, -0.1) is 0 Å². The second-order valence-corrected chi connectivity index (χ2v) is 5.32. The number of nitrogens with two attached hydrogens (primary N) is 1. The van der Waals surface area contributed by atoms with E-state index in [2.05, 4.69) is 11.1 Å². The molecule has 0 aliphatic heterocycles. The number of phenolic OH excluding ortho intramolecular Hbond substituents is 1. The zero-order valence-corrected chi connectivity index (χ0v) is 13.3. The van der Waals surface area contributed by atoms with Crippen LogP contribution in [0, 0.1) is 17.1 Å². The van der Waals surface area contributed by atoms with Gasteiger partial charge in [0, 0.05) is 11.1 Å². The number of ether oxygens (including phenoxy) is 1. The van der Waals surface area contributed by atoms with Gasteiger partial charge in [-0.3, -0.25) is 0 Å². The smallest absolute Gasteiger partial charge is 0.161 e. The first kappa shape index (κ1) is 16.3. The minimum Gasteiger partial charge on any atom is -0.504 e. The molecule has 0 aliphatic rings. The van der Waals surface area contributed by atoms with Crippen molar-refractivity contribution in [1.82, 2.24) is 4.98 Å². The van der Waals surface area contributed by atoms with E-state index in [1.807, 2.05) is 0 Å². The summed E-state index contributed by atoms with van der Waals surface area (Å²) in [4.78, 5) is 4.24. The molecule has 0 amide bonds. The number of nitrogens with zero attached hydrogens (tertiary/aromatic N) is 2. The predicted molar refractivity (Wildman–Crippen MR) is 92.4 cm³/mol. The highest BCUT2D eigenvalue weighted by molar-refractivity contribution is 5.81. The first-order chi connectivity index (χ1) is 12.0. The largest absolute Gasteiger partial charge is 0.504 e. The molecule has 3 N–H and O–H groups in total. The predicted octanol–water partition coefficient (Wildman–Crippen LogP) is 3.72. The van der Waals surface area contributed by atoms with Crippen molar-refractivity contribution < 1.29 is 14.2 Å². The van der Waals surface area contributed by atoms with Crippen LogP contribution in [-0.2, 0) is 0 Å². The third-order valence-electron chi connectivity index (χ3n) is 3.79. The zero-order valence-electron chi connectivity index (χ0n) is 13.3. The maximum atomic E-state index is 13.1. The number of methoxy groups -OCH3 is 1. The number of hydrogen-bond donors (Lipinski definition) is 2. The molecule has 0 saturated heterocycles. The molecular formula is C19H14FN3O2. The van der Waals surface area contributed by atoms with E-state index < -0.39 is 0 Å². The van der Waals surface area contributed by atoms with Crippen LogP contribution in [0.1, 0.15) is 5.56 Å². The van der Waals surface area contributed by atoms with Crippen molar-refractivity contribution in [2.24, 2.45) is 0 Å². The Labute approximate surface area is 143 Å². The molecule has 3 rings (SSSR count). The summed E-state index contributed by atoms with van der Waals surface area (Å²) in [6, 6.07) is 14.3. The molecule has 0 fully saturated rings. The summed E-state index contributed by atoms with van der Waals surface area (Å²) >= 11 is 0. The average Bonchev–Trinajstić information content (AvgIpc) is 2.62. The molecule has 25 heavy (non-hydrogen) atoms. The normalized spacial score (nSPS) is 10.3. The van der Waals surface area contributed by atoms with Crippen LogP contribution in [-0.4, -0.2) is 17.2 Å². The lowest BCUT2D eigenvalue weighted by Gasteiger charge is -2.12. The monoisotopic (exact) mass is 335 g/mol. The number of aromatic nitrogens is 1. The first-order valence-corrected chi connectivity index (χ1v) is 7.37. The van der Waals surface area contributed by atoms with E-state index >= 15 is 0 Å². The second-order valence-electron chi connectivity index (χ2n) is 5.32. The third-order valence-corrected chi connectivity index (χ3v) is 3.79. The van der Waals surface area contributed by atoms with E-state index in [9.17, 15) is 14.8 Å². The highest BCUT2D eigenvalue weighted by Crippen LogP contribution is 2.35. The van der Waals surface area contributed by atoms with Gasteiger partial charge >= 0.3 is 0 Å². The first-order valence-electron chi connectivity index (χ1n) is 7.37. The van der Waals surface area contributed by atoms with Crippen molar-refractivity contribution in [2.45, 2.75) is 0 Å². The van der Waals surface area contributed by atoms with Gasteiger partial charge in [0.05, 0.1) is 12.8 Å². The number of rotatable bonds is 3. The van der Waals surface area contributed by atoms with E-state index in [0.29, 0.717) is 22.4 Å². The van der Waals surface area contributed by atoms with Crippen molar-refractivity contribution in [2.75, 3.05) is 12.8 Å². The van der Waals surface area contributed by atoms with E-state index in [-0.39, 0.29) is 28.7 Å². The molecule has 1 heterocycles. The van der Waals surface area contributed by atoms with Gasteiger partial charge in [-0.25, -0.2) is 9.37 Å². The van der Waals surface area contributed by atoms with Gasteiger partial charge in [-0.05, 0) is 48.0 Å². The fourth-order valence-electron chi connectivity index (χ4n) is 2.52. The molecule has 0 aliphatic carbocycles. The van der Waals surface area contributed by atoms with Crippen LogP contribution in [0.2, 0.25) is 0 Å². The van der Waals surface area contributed by atoms with Crippen LogP contribution in [0.4, 0.5) is 10.2 Å². The van der Waals surface area contributed by atoms with Crippen molar-refractivity contribution in [3.63, 3.8) is 0 Å². The number of pyridine rings is 1. The molecule has 0 bridgehead atoms. The van der Waals surface area contributed by atoms with E-state index in [0.717, 1.165) is 0 Å². The Kier molecular flexibility index (Phi) is 4.23. The number of benzene rings is 2. The van der Waals surface area contributed by atoms with Crippen molar-refractivity contribution in [1.29, 1.82) is 5.26 Å². The Morgan fingerprint density at radius 1 is 1.12 bits per heavy atom. The number of phenols is 1. The van der Waals surface area contributed by atoms with E-state index in [1.54, 1.807) is 30.3 Å². The molecule has 0 atom stereocenters. The van der Waals surface area contributed by atoms with Crippen LogP contribution in [0.15, 0.2) is 48.5 Å². The highest BCUT2D eigenvalue weighted by Gasteiger charge is 2.15. The molecule has 3 aromatic rings. The minimum atomic E-state index is -0.353. The molecular weight excluding hydrogens is 321 g/mol. The number of halogens is 1. The Bertz CT molecular complexity index is 979. The van der Waals surface area contributed by atoms with Gasteiger partial charge in [0.1, 0.15) is 23.3 Å². The fraction of sp³-hybridized carbons (Fsp3) is 0.0526. The van der Waals surface area contributed by atoms with Gasteiger partial charge in [-0.2, -0.15) is 5.26 Å². The number of anilines is 1. The second kappa shape index (κ2) is 6.49. The van der Waals surface area contributed by atoms with Crippen LogP contribution < -0.4 is 10.5 Å². The number of nitriles is 1. The van der Waals surface area contributed by atoms with Crippen LogP contribution in [0.3, 0.4) is 0 Å². The Balaban J connectivity index is 2.21. The van der Waals surface area contributed by atoms with Gasteiger partial charge in [0.25, 0.3) is 0 Å². The third kappa shape index (κ3) is 3.08. The molecule has 124 valence electrons. The number of hydrogen-bond acceptors (Lipinski definition) is 5. The van der Waals surface area contributed by atoms with E-state index in [4.69, 9.17) is 10.5 Å². The van der Waals surface area contributed by atoms with Crippen LogP contribution in [0.25, 0.3) is 22.4 Å². The lowest BCUT2D eigenvalue weighted by molar-refractivity contribution is 0.373. The summed E-state index contributed by atoms with van der Waals surface area (Å²) < 4.78 is 18.3. The molecule has 0 saturated carbocycles. The quantitative estimate of drug-likeness (QED) is 0.761. The fourth-order valence-corrected chi connectivity index (χ4v) is 2.52. The lowest BCUT2D eigenvalue weighted by atomic mass is 9.98. The summed E-state index contributed by atoms with van der Waals surface area (Å²) in [5.74, 6) is -0.00845. The Morgan fingerprint density at radius 3 is 2.44 bits per heavy atom. The topological polar surface area (TPSA) is 92.2 Å². The lowest BCUT2D eigenvalue weighted by Crippen LogP contribution is -2.00. The average molecular weight is 335 g/mol. The summed E-state index contributed by atoms with van der Waals surface area (Å²) in [7, 11) is 1.44. The molecule has 1 aromatic heterocycles. The van der Waals surface area contributed by atoms with E-state index in [1.165, 1.54) is 25.3 Å².